The van der Waals surface area contributed by atoms with E-state index in [0.29, 0.717) is 5.92 Å². The Morgan fingerprint density at radius 3 is 2.63 bits per heavy atom. The molecular formula is C17H28N2. The smallest absolute Gasteiger partial charge is 0.0549 e. The molecule has 0 saturated heterocycles. The summed E-state index contributed by atoms with van der Waals surface area (Å²) >= 11 is 0. The zero-order valence-corrected chi connectivity index (χ0v) is 12.8. The monoisotopic (exact) mass is 260 g/mol. The number of benzene rings is 1. The molecule has 2 rings (SSSR count). The van der Waals surface area contributed by atoms with Crippen molar-refractivity contribution in [1.29, 1.82) is 0 Å². The molecule has 1 aliphatic carbocycles. The van der Waals surface area contributed by atoms with E-state index in [1.807, 2.05) is 0 Å². The molecule has 0 spiro atoms. The Balaban J connectivity index is 2.38. The van der Waals surface area contributed by atoms with Crippen LogP contribution in [0, 0.1) is 18.8 Å². The Kier molecular flexibility index (Phi) is 4.19. The molecule has 19 heavy (non-hydrogen) atoms. The zero-order chi connectivity index (χ0) is 14.0. The standard InChI is InChI=1S/C17H28N2/c1-13-9-7-11-17(12-18,15(13)3)19(4)16-10-6-5-8-14(16)2/h5-6,8,10,13,15H,7,9,11-12,18H2,1-4H3. The highest BCUT2D eigenvalue weighted by Gasteiger charge is 2.43. The number of nitrogens with two attached hydrogens (primary N) is 1. The van der Waals surface area contributed by atoms with Crippen molar-refractivity contribution in [3.8, 4) is 0 Å². The maximum absolute atomic E-state index is 6.24. The summed E-state index contributed by atoms with van der Waals surface area (Å²) in [4.78, 5) is 2.46. The molecule has 3 unspecified atom stereocenters. The minimum atomic E-state index is 0.115. The molecule has 0 heterocycles. The average Bonchev–Trinajstić information content (AvgIpc) is 2.42. The fraction of sp³-hybridized carbons (Fsp3) is 0.647. The summed E-state index contributed by atoms with van der Waals surface area (Å²) < 4.78 is 0. The fourth-order valence-electron chi connectivity index (χ4n) is 3.82. The topological polar surface area (TPSA) is 29.3 Å². The highest BCUT2D eigenvalue weighted by Crippen LogP contribution is 2.42. The second-order valence-electron chi connectivity index (χ2n) is 6.31. The first kappa shape index (κ1) is 14.4. The number of para-hydroxylation sites is 1. The Labute approximate surface area is 118 Å². The number of rotatable bonds is 3. The largest absolute Gasteiger partial charge is 0.367 e. The van der Waals surface area contributed by atoms with Gasteiger partial charge in [0.1, 0.15) is 0 Å². The van der Waals surface area contributed by atoms with Crippen LogP contribution in [-0.4, -0.2) is 19.1 Å². The van der Waals surface area contributed by atoms with E-state index in [1.165, 1.54) is 30.5 Å². The van der Waals surface area contributed by atoms with Crippen LogP contribution in [0.25, 0.3) is 0 Å². The van der Waals surface area contributed by atoms with Crippen molar-refractivity contribution in [1.82, 2.24) is 0 Å². The van der Waals surface area contributed by atoms with Gasteiger partial charge in [0.05, 0.1) is 5.54 Å². The second-order valence-corrected chi connectivity index (χ2v) is 6.31. The highest BCUT2D eigenvalue weighted by atomic mass is 15.2. The summed E-state index contributed by atoms with van der Waals surface area (Å²) in [6, 6.07) is 8.64. The molecule has 3 atom stereocenters. The van der Waals surface area contributed by atoms with Gasteiger partial charge in [0.2, 0.25) is 0 Å². The van der Waals surface area contributed by atoms with Gasteiger partial charge >= 0.3 is 0 Å². The van der Waals surface area contributed by atoms with Crippen molar-refractivity contribution >= 4 is 5.69 Å². The molecule has 0 bridgehead atoms. The predicted molar refractivity (Wildman–Crippen MR) is 83.5 cm³/mol. The summed E-state index contributed by atoms with van der Waals surface area (Å²) in [5.41, 5.74) is 9.02. The Morgan fingerprint density at radius 2 is 2.00 bits per heavy atom. The van der Waals surface area contributed by atoms with Crippen LogP contribution in [0.3, 0.4) is 0 Å². The summed E-state index contributed by atoms with van der Waals surface area (Å²) in [5, 5.41) is 0. The number of nitrogens with zero attached hydrogens (tertiary/aromatic N) is 1. The van der Waals surface area contributed by atoms with Crippen LogP contribution in [0.5, 0.6) is 0 Å². The SMILES string of the molecule is Cc1ccccc1N(C)C1(CN)CCCC(C)C1C. The lowest BCUT2D eigenvalue weighted by atomic mass is 9.67. The molecule has 2 N–H and O–H groups in total. The molecule has 0 aliphatic heterocycles. The average molecular weight is 260 g/mol. The van der Waals surface area contributed by atoms with Crippen LogP contribution >= 0.6 is 0 Å². The van der Waals surface area contributed by atoms with E-state index in [9.17, 15) is 0 Å². The first-order valence-corrected chi connectivity index (χ1v) is 7.52. The van der Waals surface area contributed by atoms with Gasteiger partial charge in [-0.3, -0.25) is 0 Å². The summed E-state index contributed by atoms with van der Waals surface area (Å²) in [6.07, 6.45) is 3.84. The van der Waals surface area contributed by atoms with Crippen molar-refractivity contribution in [2.75, 3.05) is 18.5 Å². The van der Waals surface area contributed by atoms with Crippen LogP contribution in [0.4, 0.5) is 5.69 Å². The third kappa shape index (κ3) is 2.38. The molecule has 1 aromatic carbocycles. The number of likely N-dealkylation sites (N-methyl/N-ethyl adjacent to an activating group) is 1. The van der Waals surface area contributed by atoms with Gasteiger partial charge in [0, 0.05) is 19.3 Å². The van der Waals surface area contributed by atoms with E-state index in [0.717, 1.165) is 12.5 Å². The minimum Gasteiger partial charge on any atom is -0.367 e. The quantitative estimate of drug-likeness (QED) is 0.900. The minimum absolute atomic E-state index is 0.115. The third-order valence-corrected chi connectivity index (χ3v) is 5.47. The number of hydrogen-bond donors (Lipinski definition) is 1. The Hall–Kier alpha value is -1.02. The fourth-order valence-corrected chi connectivity index (χ4v) is 3.82. The van der Waals surface area contributed by atoms with Crippen molar-refractivity contribution < 1.29 is 0 Å². The van der Waals surface area contributed by atoms with Crippen molar-refractivity contribution in [2.45, 2.75) is 45.6 Å². The third-order valence-electron chi connectivity index (χ3n) is 5.47. The lowest BCUT2D eigenvalue weighted by molar-refractivity contribution is 0.144. The molecule has 1 saturated carbocycles. The van der Waals surface area contributed by atoms with Crippen molar-refractivity contribution in [3.63, 3.8) is 0 Å². The molecule has 106 valence electrons. The van der Waals surface area contributed by atoms with Crippen molar-refractivity contribution in [2.24, 2.45) is 17.6 Å². The summed E-state index contributed by atoms with van der Waals surface area (Å²) in [5.74, 6) is 1.39. The molecule has 2 heteroatoms. The van der Waals surface area contributed by atoms with Gasteiger partial charge in [-0.15, -0.1) is 0 Å². The molecule has 0 amide bonds. The number of anilines is 1. The van der Waals surface area contributed by atoms with Crippen LogP contribution in [-0.2, 0) is 0 Å². The van der Waals surface area contributed by atoms with Crippen LogP contribution in [0.15, 0.2) is 24.3 Å². The van der Waals surface area contributed by atoms with Gasteiger partial charge < -0.3 is 10.6 Å². The van der Waals surface area contributed by atoms with Gasteiger partial charge in [0.15, 0.2) is 0 Å². The number of hydrogen-bond acceptors (Lipinski definition) is 2. The normalized spacial score (nSPS) is 31.2. The van der Waals surface area contributed by atoms with E-state index >= 15 is 0 Å². The molecule has 1 aliphatic rings. The first-order valence-electron chi connectivity index (χ1n) is 7.52. The van der Waals surface area contributed by atoms with Gasteiger partial charge in [-0.2, -0.15) is 0 Å². The lowest BCUT2D eigenvalue weighted by Gasteiger charge is -2.52. The molecular weight excluding hydrogens is 232 g/mol. The van der Waals surface area contributed by atoms with Crippen LogP contribution in [0.1, 0.15) is 38.7 Å². The molecule has 0 radical (unpaired) electrons. The van der Waals surface area contributed by atoms with Gasteiger partial charge in [0.25, 0.3) is 0 Å². The predicted octanol–water partition coefficient (Wildman–Crippen LogP) is 3.58. The maximum atomic E-state index is 6.24. The van der Waals surface area contributed by atoms with E-state index in [-0.39, 0.29) is 5.54 Å². The maximum Gasteiger partial charge on any atom is 0.0549 e. The molecule has 0 aromatic heterocycles. The van der Waals surface area contributed by atoms with E-state index < -0.39 is 0 Å². The van der Waals surface area contributed by atoms with Crippen LogP contribution in [0.2, 0.25) is 0 Å². The van der Waals surface area contributed by atoms with Gasteiger partial charge in [-0.05, 0) is 36.8 Å². The van der Waals surface area contributed by atoms with Crippen LogP contribution < -0.4 is 10.6 Å². The van der Waals surface area contributed by atoms with Gasteiger partial charge in [-0.25, -0.2) is 0 Å². The zero-order valence-electron chi connectivity index (χ0n) is 12.8. The molecule has 2 nitrogen and oxygen atoms in total. The summed E-state index contributed by atoms with van der Waals surface area (Å²) in [6.45, 7) is 7.68. The van der Waals surface area contributed by atoms with E-state index in [4.69, 9.17) is 5.73 Å². The van der Waals surface area contributed by atoms with Crippen molar-refractivity contribution in [3.05, 3.63) is 29.8 Å². The lowest BCUT2D eigenvalue weighted by Crippen LogP contribution is -2.60. The molecule has 1 fully saturated rings. The van der Waals surface area contributed by atoms with E-state index in [2.05, 4.69) is 57.0 Å². The Bertz CT molecular complexity index is 429. The highest BCUT2D eigenvalue weighted by molar-refractivity contribution is 5.55. The molecule has 1 aromatic rings. The first-order chi connectivity index (χ1) is 9.03. The number of aryl methyl sites for hydroxylation is 1. The summed E-state index contributed by atoms with van der Waals surface area (Å²) in [7, 11) is 2.23. The van der Waals surface area contributed by atoms with Gasteiger partial charge in [-0.1, -0.05) is 44.9 Å². The Morgan fingerprint density at radius 1 is 1.32 bits per heavy atom. The second kappa shape index (κ2) is 5.54. The van der Waals surface area contributed by atoms with E-state index in [1.54, 1.807) is 0 Å².